The molecule has 0 bridgehead atoms. The molecule has 0 amide bonds. The summed E-state index contributed by atoms with van der Waals surface area (Å²) in [5, 5.41) is 13.5. The first-order chi connectivity index (χ1) is 13.0. The standard InChI is InChI=1S/C21H28N2O4/c1-5-27-21-18(14(3)22-23(21)10-9-19(24)25)12-15-11-13(2)20(26-4)17-8-6-7-16(15)17/h11H,5-10,12H2,1-4H3,(H,24,25). The molecule has 0 saturated carbocycles. The summed E-state index contributed by atoms with van der Waals surface area (Å²) in [6.07, 6.45) is 4.04. The number of hydrogen-bond donors (Lipinski definition) is 1. The molecule has 0 aliphatic heterocycles. The van der Waals surface area contributed by atoms with Crippen LogP contribution in [0.15, 0.2) is 6.07 Å². The van der Waals surface area contributed by atoms with E-state index < -0.39 is 5.97 Å². The fraction of sp³-hybridized carbons (Fsp3) is 0.524. The van der Waals surface area contributed by atoms with Crippen molar-refractivity contribution in [2.75, 3.05) is 13.7 Å². The molecule has 0 atom stereocenters. The van der Waals surface area contributed by atoms with Crippen LogP contribution < -0.4 is 9.47 Å². The lowest BCUT2D eigenvalue weighted by atomic mass is 9.94. The highest BCUT2D eigenvalue weighted by molar-refractivity contribution is 5.66. The van der Waals surface area contributed by atoms with Crippen molar-refractivity contribution >= 4 is 5.97 Å². The van der Waals surface area contributed by atoms with Gasteiger partial charge in [0.15, 0.2) is 0 Å². The number of aromatic nitrogens is 2. The smallest absolute Gasteiger partial charge is 0.305 e. The van der Waals surface area contributed by atoms with E-state index in [1.807, 2.05) is 13.8 Å². The van der Waals surface area contributed by atoms with Crippen LogP contribution in [0, 0.1) is 13.8 Å². The van der Waals surface area contributed by atoms with Gasteiger partial charge in [0, 0.05) is 12.0 Å². The number of rotatable bonds is 8. The normalized spacial score (nSPS) is 12.9. The van der Waals surface area contributed by atoms with Gasteiger partial charge in [-0.2, -0.15) is 5.10 Å². The quantitative estimate of drug-likeness (QED) is 0.768. The molecule has 0 saturated heterocycles. The van der Waals surface area contributed by atoms with E-state index in [4.69, 9.17) is 14.6 Å². The van der Waals surface area contributed by atoms with Gasteiger partial charge in [0.2, 0.25) is 5.88 Å². The average Bonchev–Trinajstić information content (AvgIpc) is 3.20. The molecule has 0 spiro atoms. The summed E-state index contributed by atoms with van der Waals surface area (Å²) in [7, 11) is 1.74. The minimum absolute atomic E-state index is 0.0255. The molecular formula is C21H28N2O4. The fourth-order valence-corrected chi connectivity index (χ4v) is 4.09. The van der Waals surface area contributed by atoms with Crippen molar-refractivity contribution in [3.63, 3.8) is 0 Å². The molecule has 0 unspecified atom stereocenters. The monoisotopic (exact) mass is 372 g/mol. The van der Waals surface area contributed by atoms with Crippen molar-refractivity contribution in [3.05, 3.63) is 39.6 Å². The number of carboxylic acid groups (broad SMARTS) is 1. The van der Waals surface area contributed by atoms with Crippen molar-refractivity contribution in [2.45, 2.75) is 59.4 Å². The number of aliphatic carboxylic acids is 1. The number of fused-ring (bicyclic) bond motifs is 1. The van der Waals surface area contributed by atoms with Gasteiger partial charge in [0.05, 0.1) is 32.4 Å². The molecular weight excluding hydrogens is 344 g/mol. The lowest BCUT2D eigenvalue weighted by Gasteiger charge is -2.16. The third-order valence-electron chi connectivity index (χ3n) is 5.22. The van der Waals surface area contributed by atoms with Crippen LogP contribution in [-0.4, -0.2) is 34.6 Å². The van der Waals surface area contributed by atoms with Crippen molar-refractivity contribution < 1.29 is 19.4 Å². The van der Waals surface area contributed by atoms with E-state index in [2.05, 4.69) is 18.1 Å². The highest BCUT2D eigenvalue weighted by Crippen LogP contribution is 2.38. The zero-order valence-corrected chi connectivity index (χ0v) is 16.6. The van der Waals surface area contributed by atoms with Gasteiger partial charge in [0.25, 0.3) is 0 Å². The predicted octanol–water partition coefficient (Wildman–Crippen LogP) is 3.46. The Morgan fingerprint density at radius 2 is 2.04 bits per heavy atom. The van der Waals surface area contributed by atoms with Gasteiger partial charge in [0.1, 0.15) is 5.75 Å². The van der Waals surface area contributed by atoms with Crippen molar-refractivity contribution in [1.29, 1.82) is 0 Å². The summed E-state index contributed by atoms with van der Waals surface area (Å²) < 4.78 is 13.2. The maximum Gasteiger partial charge on any atom is 0.305 e. The van der Waals surface area contributed by atoms with E-state index in [1.165, 1.54) is 16.7 Å². The third-order valence-corrected chi connectivity index (χ3v) is 5.22. The number of methoxy groups -OCH3 is 1. The molecule has 2 aromatic rings. The molecule has 0 radical (unpaired) electrons. The van der Waals surface area contributed by atoms with Crippen LogP contribution in [0.25, 0.3) is 0 Å². The maximum absolute atomic E-state index is 11.0. The first kappa shape index (κ1) is 19.3. The largest absolute Gasteiger partial charge is 0.496 e. The number of carboxylic acids is 1. The van der Waals surface area contributed by atoms with Crippen LogP contribution in [0.3, 0.4) is 0 Å². The zero-order valence-electron chi connectivity index (χ0n) is 16.6. The molecule has 6 nitrogen and oxygen atoms in total. The number of ether oxygens (including phenoxy) is 2. The van der Waals surface area contributed by atoms with Gasteiger partial charge >= 0.3 is 5.97 Å². The Kier molecular flexibility index (Phi) is 5.73. The molecule has 27 heavy (non-hydrogen) atoms. The third kappa shape index (κ3) is 3.80. The Labute approximate surface area is 160 Å². The Morgan fingerprint density at radius 3 is 2.70 bits per heavy atom. The second-order valence-corrected chi connectivity index (χ2v) is 7.04. The van der Waals surface area contributed by atoms with E-state index in [9.17, 15) is 4.79 Å². The maximum atomic E-state index is 11.0. The van der Waals surface area contributed by atoms with E-state index >= 15 is 0 Å². The van der Waals surface area contributed by atoms with Crippen LogP contribution in [0.1, 0.15) is 53.3 Å². The Hall–Kier alpha value is -2.50. The zero-order chi connectivity index (χ0) is 19.6. The van der Waals surface area contributed by atoms with Crippen molar-refractivity contribution in [2.24, 2.45) is 0 Å². The Balaban J connectivity index is 2.00. The average molecular weight is 372 g/mol. The van der Waals surface area contributed by atoms with Gasteiger partial charge in [-0.1, -0.05) is 6.07 Å². The number of hydrogen-bond acceptors (Lipinski definition) is 4. The van der Waals surface area contributed by atoms with E-state index in [-0.39, 0.29) is 6.42 Å². The summed E-state index contributed by atoms with van der Waals surface area (Å²) in [5.41, 5.74) is 7.11. The predicted molar refractivity (Wildman–Crippen MR) is 103 cm³/mol. The van der Waals surface area contributed by atoms with Gasteiger partial charge < -0.3 is 14.6 Å². The van der Waals surface area contributed by atoms with Crippen LogP contribution in [0.2, 0.25) is 0 Å². The van der Waals surface area contributed by atoms with Crippen LogP contribution in [0.5, 0.6) is 11.6 Å². The second kappa shape index (κ2) is 8.03. The van der Waals surface area contributed by atoms with E-state index in [1.54, 1.807) is 11.8 Å². The van der Waals surface area contributed by atoms with Gasteiger partial charge in [-0.25, -0.2) is 4.68 Å². The first-order valence-corrected chi connectivity index (χ1v) is 9.55. The molecule has 1 aromatic heterocycles. The number of aryl methyl sites for hydroxylation is 3. The summed E-state index contributed by atoms with van der Waals surface area (Å²) >= 11 is 0. The van der Waals surface area contributed by atoms with Crippen molar-refractivity contribution in [1.82, 2.24) is 9.78 Å². The summed E-state index contributed by atoms with van der Waals surface area (Å²) in [5.74, 6) is 0.873. The summed E-state index contributed by atoms with van der Waals surface area (Å²) in [6, 6.07) is 2.22. The lowest BCUT2D eigenvalue weighted by molar-refractivity contribution is -0.137. The number of benzene rings is 1. The molecule has 1 aromatic carbocycles. The summed E-state index contributed by atoms with van der Waals surface area (Å²) in [4.78, 5) is 11.0. The highest BCUT2D eigenvalue weighted by Gasteiger charge is 2.24. The van der Waals surface area contributed by atoms with Crippen LogP contribution in [-0.2, 0) is 30.6 Å². The van der Waals surface area contributed by atoms with E-state index in [0.717, 1.165) is 48.3 Å². The minimum Gasteiger partial charge on any atom is -0.496 e. The first-order valence-electron chi connectivity index (χ1n) is 9.55. The fourth-order valence-electron chi connectivity index (χ4n) is 4.09. The Bertz CT molecular complexity index is 855. The number of nitrogens with zero attached hydrogens (tertiary/aromatic N) is 2. The lowest BCUT2D eigenvalue weighted by Crippen LogP contribution is -2.09. The van der Waals surface area contributed by atoms with E-state index in [0.29, 0.717) is 19.0 Å². The molecule has 1 aliphatic carbocycles. The van der Waals surface area contributed by atoms with Crippen LogP contribution in [0.4, 0.5) is 0 Å². The second-order valence-electron chi connectivity index (χ2n) is 7.04. The van der Waals surface area contributed by atoms with Gasteiger partial charge in [-0.3, -0.25) is 4.79 Å². The highest BCUT2D eigenvalue weighted by atomic mass is 16.5. The molecule has 0 fully saturated rings. The van der Waals surface area contributed by atoms with Crippen LogP contribution >= 0.6 is 0 Å². The number of carbonyl (C=O) groups is 1. The Morgan fingerprint density at radius 1 is 1.30 bits per heavy atom. The molecule has 6 heteroatoms. The molecule has 146 valence electrons. The molecule has 3 rings (SSSR count). The molecule has 1 heterocycles. The minimum atomic E-state index is -0.837. The van der Waals surface area contributed by atoms with Gasteiger partial charge in [-0.05, 0) is 62.3 Å². The molecule has 1 N–H and O–H groups in total. The summed E-state index contributed by atoms with van der Waals surface area (Å²) in [6.45, 7) is 6.82. The van der Waals surface area contributed by atoms with Gasteiger partial charge in [-0.15, -0.1) is 0 Å². The van der Waals surface area contributed by atoms with Crippen molar-refractivity contribution in [3.8, 4) is 11.6 Å². The SMILES string of the molecule is CCOc1c(Cc2cc(C)c(OC)c3c2CCC3)c(C)nn1CCC(=O)O. The topological polar surface area (TPSA) is 73.6 Å². The molecule has 1 aliphatic rings.